The van der Waals surface area contributed by atoms with Crippen LogP contribution in [0.15, 0.2) is 35.5 Å². The van der Waals surface area contributed by atoms with Crippen molar-refractivity contribution in [3.8, 4) is 0 Å². The van der Waals surface area contributed by atoms with E-state index < -0.39 is 21.7 Å². The summed E-state index contributed by atoms with van der Waals surface area (Å²) in [5, 5.41) is 0. The lowest BCUT2D eigenvalue weighted by Crippen LogP contribution is -2.39. The molecule has 1 saturated heterocycles. The number of halogens is 2. The number of rotatable bonds is 3. The van der Waals surface area contributed by atoms with Crippen LogP contribution >= 0.6 is 0 Å². The molecule has 0 radical (unpaired) electrons. The van der Waals surface area contributed by atoms with E-state index >= 15 is 0 Å². The van der Waals surface area contributed by atoms with Gasteiger partial charge >= 0.3 is 0 Å². The number of hydrogen-bond acceptors (Lipinski definition) is 3. The van der Waals surface area contributed by atoms with Gasteiger partial charge in [-0.05, 0) is 25.0 Å². The highest BCUT2D eigenvalue weighted by molar-refractivity contribution is 7.89. The third kappa shape index (κ3) is 2.89. The van der Waals surface area contributed by atoms with Crippen molar-refractivity contribution in [2.45, 2.75) is 23.7 Å². The molecule has 1 aromatic heterocycles. The van der Waals surface area contributed by atoms with Gasteiger partial charge in [0.25, 0.3) is 0 Å². The minimum Gasteiger partial charge on any atom is -0.348 e. The van der Waals surface area contributed by atoms with Crippen molar-refractivity contribution < 1.29 is 17.2 Å². The third-order valence-electron chi connectivity index (χ3n) is 3.76. The van der Waals surface area contributed by atoms with Crippen molar-refractivity contribution in [2.75, 3.05) is 13.1 Å². The van der Waals surface area contributed by atoms with Crippen LogP contribution in [0.4, 0.5) is 8.78 Å². The second-order valence-electron chi connectivity index (χ2n) is 5.28. The number of H-pyrrole nitrogens is 1. The van der Waals surface area contributed by atoms with Crippen LogP contribution in [0.5, 0.6) is 0 Å². The van der Waals surface area contributed by atoms with E-state index in [4.69, 9.17) is 0 Å². The van der Waals surface area contributed by atoms with Crippen LogP contribution in [0.25, 0.3) is 0 Å². The molecule has 3 rings (SSSR count). The van der Waals surface area contributed by atoms with E-state index in [1.165, 1.54) is 4.31 Å². The Morgan fingerprint density at radius 2 is 1.95 bits per heavy atom. The van der Waals surface area contributed by atoms with Crippen LogP contribution in [0, 0.1) is 11.6 Å². The van der Waals surface area contributed by atoms with E-state index in [1.807, 2.05) is 0 Å². The molecule has 1 aromatic carbocycles. The highest BCUT2D eigenvalue weighted by Gasteiger charge is 2.32. The number of imidazole rings is 1. The zero-order valence-electron chi connectivity index (χ0n) is 11.7. The fourth-order valence-corrected chi connectivity index (χ4v) is 4.28. The summed E-state index contributed by atoms with van der Waals surface area (Å²) in [4.78, 5) is 6.79. The van der Waals surface area contributed by atoms with Gasteiger partial charge in [0.1, 0.15) is 17.5 Å². The van der Waals surface area contributed by atoms with Gasteiger partial charge in [0.2, 0.25) is 10.0 Å². The Kier molecular flexibility index (Phi) is 3.96. The molecule has 0 aliphatic carbocycles. The van der Waals surface area contributed by atoms with Gasteiger partial charge in [-0.2, -0.15) is 4.31 Å². The molecule has 0 saturated carbocycles. The molecule has 22 heavy (non-hydrogen) atoms. The van der Waals surface area contributed by atoms with Gasteiger partial charge < -0.3 is 4.98 Å². The largest absolute Gasteiger partial charge is 0.348 e. The maximum Gasteiger partial charge on any atom is 0.243 e. The van der Waals surface area contributed by atoms with E-state index in [1.54, 1.807) is 12.4 Å². The Bertz CT molecular complexity index is 742. The molecule has 0 bridgehead atoms. The smallest absolute Gasteiger partial charge is 0.243 e. The van der Waals surface area contributed by atoms with Gasteiger partial charge in [0.15, 0.2) is 0 Å². The van der Waals surface area contributed by atoms with Gasteiger partial charge in [-0.15, -0.1) is 0 Å². The maximum atomic E-state index is 13.3. The third-order valence-corrected chi connectivity index (χ3v) is 5.61. The molecule has 1 N–H and O–H groups in total. The summed E-state index contributed by atoms with van der Waals surface area (Å²) >= 11 is 0. The van der Waals surface area contributed by atoms with Gasteiger partial charge in [-0.25, -0.2) is 22.2 Å². The Balaban J connectivity index is 1.88. The number of aromatic amines is 1. The molecule has 2 aromatic rings. The lowest BCUT2D eigenvalue weighted by atomic mass is 9.99. The molecule has 118 valence electrons. The zero-order chi connectivity index (χ0) is 15.7. The Morgan fingerprint density at radius 3 is 2.59 bits per heavy atom. The van der Waals surface area contributed by atoms with Crippen molar-refractivity contribution in [2.24, 2.45) is 0 Å². The molecule has 1 aliphatic heterocycles. The lowest BCUT2D eigenvalue weighted by Gasteiger charge is -2.31. The minimum atomic E-state index is -3.92. The first kappa shape index (κ1) is 15.1. The SMILES string of the molecule is O=S(=O)(c1cc(F)cc(F)c1)N1CCC[C@H](c2ncc[nH]2)C1. The molecule has 1 aliphatic rings. The number of aromatic nitrogens is 2. The van der Waals surface area contributed by atoms with Crippen molar-refractivity contribution in [1.29, 1.82) is 0 Å². The predicted octanol–water partition coefficient (Wildman–Crippen LogP) is 2.26. The minimum absolute atomic E-state index is 0.0445. The zero-order valence-corrected chi connectivity index (χ0v) is 12.5. The summed E-state index contributed by atoms with van der Waals surface area (Å²) < 4.78 is 53.0. The average molecular weight is 327 g/mol. The molecular formula is C14H15F2N3O2S. The summed E-state index contributed by atoms with van der Waals surface area (Å²) in [6.45, 7) is 0.575. The second kappa shape index (κ2) is 5.77. The van der Waals surface area contributed by atoms with Gasteiger partial charge in [-0.3, -0.25) is 0 Å². The molecule has 1 fully saturated rings. The Labute approximate surface area is 127 Å². The monoisotopic (exact) mass is 327 g/mol. The van der Waals surface area contributed by atoms with Crippen molar-refractivity contribution >= 4 is 10.0 Å². The first-order chi connectivity index (χ1) is 10.5. The molecule has 8 heteroatoms. The molecule has 2 heterocycles. The molecule has 5 nitrogen and oxygen atoms in total. The molecule has 0 amide bonds. The lowest BCUT2D eigenvalue weighted by molar-refractivity contribution is 0.309. The standard InChI is InChI=1S/C14H15F2N3O2S/c15-11-6-12(16)8-13(7-11)22(20,21)19-5-1-2-10(9-19)14-17-3-4-18-14/h3-4,6-8,10H,1-2,5,9H2,(H,17,18)/t10-/m0/s1. The van der Waals surface area contributed by atoms with E-state index in [0.29, 0.717) is 19.0 Å². The van der Waals surface area contributed by atoms with Crippen LogP contribution in [0.2, 0.25) is 0 Å². The van der Waals surface area contributed by atoms with Crippen molar-refractivity contribution in [3.05, 3.63) is 48.1 Å². The van der Waals surface area contributed by atoms with Crippen molar-refractivity contribution in [3.63, 3.8) is 0 Å². The highest BCUT2D eigenvalue weighted by Crippen LogP contribution is 2.29. The number of benzene rings is 1. The molecule has 0 unspecified atom stereocenters. The van der Waals surface area contributed by atoms with Crippen LogP contribution in [0.3, 0.4) is 0 Å². The molecule has 1 atom stereocenters. The normalized spacial score (nSPS) is 20.2. The number of piperidine rings is 1. The number of sulfonamides is 1. The fraction of sp³-hybridized carbons (Fsp3) is 0.357. The molecular weight excluding hydrogens is 312 g/mol. The fourth-order valence-electron chi connectivity index (χ4n) is 2.71. The second-order valence-corrected chi connectivity index (χ2v) is 7.22. The summed E-state index contributed by atoms with van der Waals surface area (Å²) in [5.74, 6) is -1.13. The van der Waals surface area contributed by atoms with E-state index in [2.05, 4.69) is 9.97 Å². The summed E-state index contributed by atoms with van der Waals surface area (Å²) in [7, 11) is -3.92. The number of hydrogen-bond donors (Lipinski definition) is 1. The average Bonchev–Trinajstić information content (AvgIpc) is 3.00. The maximum absolute atomic E-state index is 13.3. The number of nitrogens with zero attached hydrogens (tertiary/aromatic N) is 2. The predicted molar refractivity (Wildman–Crippen MR) is 75.7 cm³/mol. The summed E-state index contributed by atoms with van der Waals surface area (Å²) in [5.41, 5.74) is 0. The van der Waals surface area contributed by atoms with E-state index in [9.17, 15) is 17.2 Å². The van der Waals surface area contributed by atoms with Gasteiger partial charge in [-0.1, -0.05) is 0 Å². The Morgan fingerprint density at radius 1 is 1.23 bits per heavy atom. The number of nitrogens with one attached hydrogen (secondary N) is 1. The molecule has 0 spiro atoms. The van der Waals surface area contributed by atoms with Crippen LogP contribution in [0.1, 0.15) is 24.6 Å². The topological polar surface area (TPSA) is 66.1 Å². The first-order valence-corrected chi connectivity index (χ1v) is 8.36. The Hall–Kier alpha value is -1.80. The van der Waals surface area contributed by atoms with Gasteiger partial charge in [0.05, 0.1) is 4.90 Å². The van der Waals surface area contributed by atoms with Gasteiger partial charge in [0, 0.05) is 37.5 Å². The van der Waals surface area contributed by atoms with E-state index in [0.717, 1.165) is 24.4 Å². The van der Waals surface area contributed by atoms with Crippen LogP contribution in [-0.2, 0) is 10.0 Å². The first-order valence-electron chi connectivity index (χ1n) is 6.92. The quantitative estimate of drug-likeness (QED) is 0.940. The summed E-state index contributed by atoms with van der Waals surface area (Å²) in [6, 6.07) is 2.34. The van der Waals surface area contributed by atoms with E-state index in [-0.39, 0.29) is 17.4 Å². The highest BCUT2D eigenvalue weighted by atomic mass is 32.2. The summed E-state index contributed by atoms with van der Waals surface area (Å²) in [6.07, 6.45) is 4.79. The van der Waals surface area contributed by atoms with Crippen LogP contribution < -0.4 is 0 Å². The van der Waals surface area contributed by atoms with Crippen LogP contribution in [-0.4, -0.2) is 35.8 Å². The van der Waals surface area contributed by atoms with Crippen molar-refractivity contribution in [1.82, 2.24) is 14.3 Å².